The Morgan fingerprint density at radius 3 is 2.46 bits per heavy atom. The van der Waals surface area contributed by atoms with Crippen molar-refractivity contribution < 1.29 is 23.9 Å². The largest absolute Gasteiger partial charge is 0.497 e. The fourth-order valence-corrected chi connectivity index (χ4v) is 2.41. The lowest BCUT2D eigenvalue weighted by Gasteiger charge is -2.14. The Morgan fingerprint density at radius 2 is 1.82 bits per heavy atom. The summed E-state index contributed by atoms with van der Waals surface area (Å²) in [6.07, 6.45) is -0.326. The third-order valence-electron chi connectivity index (χ3n) is 3.89. The van der Waals surface area contributed by atoms with Gasteiger partial charge in [0.2, 0.25) is 0 Å². The van der Waals surface area contributed by atoms with E-state index in [0.717, 1.165) is 11.3 Å². The van der Waals surface area contributed by atoms with Gasteiger partial charge in [0.25, 0.3) is 5.91 Å². The van der Waals surface area contributed by atoms with Crippen molar-refractivity contribution in [3.05, 3.63) is 59.7 Å². The molecule has 0 radical (unpaired) electrons. The van der Waals surface area contributed by atoms with Crippen LogP contribution in [-0.4, -0.2) is 37.7 Å². The van der Waals surface area contributed by atoms with Gasteiger partial charge in [0.1, 0.15) is 5.75 Å². The van der Waals surface area contributed by atoms with Crippen molar-refractivity contribution in [3.8, 4) is 5.75 Å². The number of hydrogen-bond acceptors (Lipinski definition) is 5. The van der Waals surface area contributed by atoms with E-state index < -0.39 is 24.0 Å². The first-order valence-corrected chi connectivity index (χ1v) is 8.67. The van der Waals surface area contributed by atoms with Gasteiger partial charge in [0.05, 0.1) is 12.7 Å². The summed E-state index contributed by atoms with van der Waals surface area (Å²) in [7, 11) is 1.60. The molecule has 0 aliphatic rings. The number of primary amides is 1. The molecule has 2 rings (SSSR count). The summed E-state index contributed by atoms with van der Waals surface area (Å²) in [5.74, 6) is -0.303. The Kier molecular flexibility index (Phi) is 7.38. The number of amides is 3. The topological polar surface area (TPSA) is 120 Å². The van der Waals surface area contributed by atoms with Gasteiger partial charge in [-0.05, 0) is 49.2 Å². The van der Waals surface area contributed by atoms with E-state index in [9.17, 15) is 14.4 Å². The zero-order chi connectivity index (χ0) is 20.5. The predicted molar refractivity (Wildman–Crippen MR) is 104 cm³/mol. The van der Waals surface area contributed by atoms with Gasteiger partial charge in [-0.3, -0.25) is 4.79 Å². The molecule has 0 saturated carbocycles. The van der Waals surface area contributed by atoms with Crippen molar-refractivity contribution in [1.29, 1.82) is 0 Å². The van der Waals surface area contributed by atoms with Gasteiger partial charge in [-0.1, -0.05) is 18.2 Å². The Labute approximate surface area is 163 Å². The molecule has 0 aromatic heterocycles. The number of rotatable bonds is 8. The minimum atomic E-state index is -0.962. The minimum Gasteiger partial charge on any atom is -0.497 e. The molecule has 148 valence electrons. The highest BCUT2D eigenvalue weighted by molar-refractivity contribution is 5.94. The molecule has 28 heavy (non-hydrogen) atoms. The number of nitrogens with two attached hydrogens (primary N) is 1. The molecule has 0 heterocycles. The van der Waals surface area contributed by atoms with Crippen LogP contribution in [0.15, 0.2) is 48.5 Å². The summed E-state index contributed by atoms with van der Waals surface area (Å²) in [6, 6.07) is 12.9. The Balaban J connectivity index is 1.82. The van der Waals surface area contributed by atoms with Crippen molar-refractivity contribution in [1.82, 2.24) is 5.32 Å². The predicted octanol–water partition coefficient (Wildman–Crippen LogP) is 2.09. The van der Waals surface area contributed by atoms with E-state index in [1.807, 2.05) is 24.3 Å². The van der Waals surface area contributed by atoms with Crippen molar-refractivity contribution in [3.63, 3.8) is 0 Å². The average molecular weight is 385 g/mol. The number of carbonyl (C=O) groups is 3. The number of ether oxygens (including phenoxy) is 2. The molecule has 2 aromatic carbocycles. The van der Waals surface area contributed by atoms with E-state index in [-0.39, 0.29) is 5.56 Å². The number of carbonyl (C=O) groups excluding carboxylic acids is 3. The average Bonchev–Trinajstić information content (AvgIpc) is 2.68. The maximum atomic E-state index is 12.2. The molecule has 8 heteroatoms. The molecular formula is C20H23N3O5. The third-order valence-corrected chi connectivity index (χ3v) is 3.89. The van der Waals surface area contributed by atoms with Gasteiger partial charge in [0.15, 0.2) is 6.10 Å². The lowest BCUT2D eigenvalue weighted by atomic mass is 10.1. The van der Waals surface area contributed by atoms with Crippen LogP contribution in [0, 0.1) is 0 Å². The van der Waals surface area contributed by atoms with Crippen LogP contribution in [-0.2, 0) is 16.0 Å². The van der Waals surface area contributed by atoms with Crippen LogP contribution in [0.25, 0.3) is 0 Å². The second-order valence-corrected chi connectivity index (χ2v) is 6.01. The first kappa shape index (κ1) is 20.8. The number of hydrogen-bond donors (Lipinski definition) is 3. The SMILES string of the molecule is COc1ccc(CCNC(=O)[C@H](C)OC(=O)c2cccc(NC(N)=O)c2)cc1. The smallest absolute Gasteiger partial charge is 0.338 e. The van der Waals surface area contributed by atoms with Gasteiger partial charge >= 0.3 is 12.0 Å². The van der Waals surface area contributed by atoms with Crippen LogP contribution in [0.3, 0.4) is 0 Å². The van der Waals surface area contributed by atoms with E-state index in [4.69, 9.17) is 15.2 Å². The molecule has 4 N–H and O–H groups in total. The fourth-order valence-electron chi connectivity index (χ4n) is 2.41. The highest BCUT2D eigenvalue weighted by Crippen LogP contribution is 2.13. The van der Waals surface area contributed by atoms with Crippen LogP contribution in [0.2, 0.25) is 0 Å². The lowest BCUT2D eigenvalue weighted by molar-refractivity contribution is -0.129. The summed E-state index contributed by atoms with van der Waals surface area (Å²) < 4.78 is 10.3. The van der Waals surface area contributed by atoms with Gasteiger partial charge in [-0.15, -0.1) is 0 Å². The van der Waals surface area contributed by atoms with Crippen LogP contribution >= 0.6 is 0 Å². The maximum absolute atomic E-state index is 12.2. The Hall–Kier alpha value is -3.55. The first-order chi connectivity index (χ1) is 13.4. The quantitative estimate of drug-likeness (QED) is 0.601. The molecule has 0 aliphatic carbocycles. The number of esters is 1. The number of nitrogens with one attached hydrogen (secondary N) is 2. The van der Waals surface area contributed by atoms with E-state index in [2.05, 4.69) is 10.6 Å². The summed E-state index contributed by atoms with van der Waals surface area (Å²) in [5.41, 5.74) is 6.65. The van der Waals surface area contributed by atoms with Gasteiger partial charge < -0.3 is 25.8 Å². The molecule has 0 unspecified atom stereocenters. The van der Waals surface area contributed by atoms with Crippen molar-refractivity contribution >= 4 is 23.6 Å². The molecule has 0 aliphatic heterocycles. The van der Waals surface area contributed by atoms with Crippen molar-refractivity contribution in [2.45, 2.75) is 19.4 Å². The van der Waals surface area contributed by atoms with Crippen LogP contribution in [0.5, 0.6) is 5.75 Å². The van der Waals surface area contributed by atoms with Gasteiger partial charge in [-0.2, -0.15) is 0 Å². The van der Waals surface area contributed by atoms with E-state index >= 15 is 0 Å². The summed E-state index contributed by atoms with van der Waals surface area (Å²) in [4.78, 5) is 35.2. The summed E-state index contributed by atoms with van der Waals surface area (Å²) >= 11 is 0. The third kappa shape index (κ3) is 6.31. The molecule has 0 spiro atoms. The maximum Gasteiger partial charge on any atom is 0.338 e. The summed E-state index contributed by atoms with van der Waals surface area (Å²) in [6.45, 7) is 1.90. The molecular weight excluding hydrogens is 362 g/mol. The molecule has 0 fully saturated rings. The lowest BCUT2D eigenvalue weighted by Crippen LogP contribution is -2.36. The van der Waals surface area contributed by atoms with Crippen LogP contribution < -0.4 is 21.1 Å². The van der Waals surface area contributed by atoms with Crippen LogP contribution in [0.1, 0.15) is 22.8 Å². The van der Waals surface area contributed by atoms with Gasteiger partial charge in [-0.25, -0.2) is 9.59 Å². The van der Waals surface area contributed by atoms with Gasteiger partial charge in [0, 0.05) is 12.2 Å². The number of urea groups is 1. The fraction of sp³-hybridized carbons (Fsp3) is 0.250. The van der Waals surface area contributed by atoms with Crippen molar-refractivity contribution in [2.75, 3.05) is 19.0 Å². The van der Waals surface area contributed by atoms with Crippen molar-refractivity contribution in [2.24, 2.45) is 5.73 Å². The van der Waals surface area contributed by atoms with E-state index in [1.165, 1.54) is 19.1 Å². The highest BCUT2D eigenvalue weighted by atomic mass is 16.5. The first-order valence-electron chi connectivity index (χ1n) is 8.67. The van der Waals surface area contributed by atoms with Crippen LogP contribution in [0.4, 0.5) is 10.5 Å². The molecule has 2 aromatic rings. The molecule has 0 saturated heterocycles. The monoisotopic (exact) mass is 385 g/mol. The Morgan fingerprint density at radius 1 is 1.11 bits per heavy atom. The zero-order valence-corrected chi connectivity index (χ0v) is 15.7. The number of methoxy groups -OCH3 is 1. The molecule has 0 bridgehead atoms. The Bertz CT molecular complexity index is 836. The normalized spacial score (nSPS) is 11.2. The highest BCUT2D eigenvalue weighted by Gasteiger charge is 2.18. The molecule has 1 atom stereocenters. The zero-order valence-electron chi connectivity index (χ0n) is 15.7. The minimum absolute atomic E-state index is 0.198. The second-order valence-electron chi connectivity index (χ2n) is 6.01. The molecule has 3 amide bonds. The molecule has 8 nitrogen and oxygen atoms in total. The summed E-state index contributed by atoms with van der Waals surface area (Å²) in [5, 5.41) is 5.10. The van der Waals surface area contributed by atoms with E-state index in [0.29, 0.717) is 18.7 Å². The van der Waals surface area contributed by atoms with E-state index in [1.54, 1.807) is 19.2 Å². The second kappa shape index (κ2) is 9.96. The number of anilines is 1. The standard InChI is InChI=1S/C20H23N3O5/c1-13(18(24)22-11-10-14-6-8-17(27-2)9-7-14)28-19(25)15-4-3-5-16(12-15)23-20(21)26/h3-9,12-13H,10-11H2,1-2H3,(H,22,24)(H3,21,23,26)/t13-/m0/s1. The number of benzene rings is 2.